The van der Waals surface area contributed by atoms with E-state index >= 15 is 0 Å². The van der Waals surface area contributed by atoms with Crippen LogP contribution in [0.25, 0.3) is 0 Å². The molecule has 3 atom stereocenters. The van der Waals surface area contributed by atoms with Crippen LogP contribution < -0.4 is 5.32 Å². The van der Waals surface area contributed by atoms with Crippen LogP contribution in [0.5, 0.6) is 0 Å². The highest BCUT2D eigenvalue weighted by Crippen LogP contribution is 2.37. The predicted octanol–water partition coefficient (Wildman–Crippen LogP) is 1.63. The van der Waals surface area contributed by atoms with Crippen LogP contribution in [0.4, 0.5) is 0 Å². The zero-order valence-corrected chi connectivity index (χ0v) is 16.5. The number of carbonyl (C=O) groups is 1. The smallest absolute Gasteiger partial charge is 0.223 e. The Labute approximate surface area is 165 Å². The molecule has 3 heterocycles. The van der Waals surface area contributed by atoms with Gasteiger partial charge in [0.2, 0.25) is 5.91 Å². The van der Waals surface area contributed by atoms with Crippen LogP contribution in [0, 0.1) is 11.8 Å². The van der Waals surface area contributed by atoms with Crippen molar-refractivity contribution in [1.29, 1.82) is 0 Å². The van der Waals surface area contributed by atoms with Gasteiger partial charge in [0.1, 0.15) is 0 Å². The van der Waals surface area contributed by atoms with Crippen molar-refractivity contribution < 1.29 is 13.2 Å². The van der Waals surface area contributed by atoms with Crippen LogP contribution in [0.2, 0.25) is 0 Å². The van der Waals surface area contributed by atoms with E-state index in [1.54, 1.807) is 12.4 Å². The molecule has 0 saturated carbocycles. The highest BCUT2D eigenvalue weighted by Gasteiger charge is 2.50. The summed E-state index contributed by atoms with van der Waals surface area (Å²) in [5.41, 5.74) is 2.10. The Morgan fingerprint density at radius 1 is 1.11 bits per heavy atom. The molecule has 7 heteroatoms. The summed E-state index contributed by atoms with van der Waals surface area (Å²) in [5.74, 6) is -0.351. The van der Waals surface area contributed by atoms with Gasteiger partial charge in [-0.05, 0) is 23.6 Å². The van der Waals surface area contributed by atoms with E-state index in [2.05, 4.69) is 27.3 Å². The van der Waals surface area contributed by atoms with Crippen molar-refractivity contribution in [2.45, 2.75) is 24.8 Å². The lowest BCUT2D eigenvalue weighted by Gasteiger charge is -2.31. The number of hydrogen-bond donors (Lipinski definition) is 1. The number of nitrogens with one attached hydrogen (secondary N) is 1. The Hall–Kier alpha value is -2.25. The molecule has 2 aliphatic heterocycles. The molecule has 0 aliphatic carbocycles. The average Bonchev–Trinajstić information content (AvgIpc) is 3.13. The normalized spacial score (nSPS) is 26.5. The number of hydrogen-bond acceptors (Lipinski definition) is 5. The van der Waals surface area contributed by atoms with Crippen molar-refractivity contribution in [2.75, 3.05) is 18.8 Å². The second kappa shape index (κ2) is 8.01. The van der Waals surface area contributed by atoms with Gasteiger partial charge in [-0.25, -0.2) is 8.42 Å². The molecule has 2 fully saturated rings. The van der Waals surface area contributed by atoms with Crippen LogP contribution in [0.1, 0.15) is 17.5 Å². The number of amides is 1. The largest absolute Gasteiger partial charge is 0.352 e. The van der Waals surface area contributed by atoms with Crippen molar-refractivity contribution >= 4 is 15.7 Å². The van der Waals surface area contributed by atoms with Crippen molar-refractivity contribution in [2.24, 2.45) is 11.8 Å². The first-order valence-corrected chi connectivity index (χ1v) is 11.4. The maximum absolute atomic E-state index is 12.8. The highest BCUT2D eigenvalue weighted by atomic mass is 32.2. The third-order valence-electron chi connectivity index (χ3n) is 5.85. The highest BCUT2D eigenvalue weighted by molar-refractivity contribution is 7.92. The third-order valence-corrected chi connectivity index (χ3v) is 8.08. The minimum atomic E-state index is -3.15. The van der Waals surface area contributed by atoms with E-state index in [9.17, 15) is 13.2 Å². The van der Waals surface area contributed by atoms with Crippen molar-refractivity contribution in [3.05, 3.63) is 66.0 Å². The summed E-state index contributed by atoms with van der Waals surface area (Å²) in [6.07, 6.45) is 3.83. The van der Waals surface area contributed by atoms with Gasteiger partial charge in [-0.2, -0.15) is 0 Å². The standard InChI is InChI=1S/C21H25N3O3S/c25-21(23-12-17-7-4-9-22-11-17)18-8-10-28(26,27)20-15-24(14-19(18)20)13-16-5-2-1-3-6-16/h1-7,9,11,18-20H,8,10,12-15H2,(H,23,25)/t18-,19-,20-/m1/s1. The first-order chi connectivity index (χ1) is 13.5. The topological polar surface area (TPSA) is 79.4 Å². The quantitative estimate of drug-likeness (QED) is 0.827. The molecule has 0 radical (unpaired) electrons. The molecular weight excluding hydrogens is 374 g/mol. The zero-order valence-electron chi connectivity index (χ0n) is 15.7. The zero-order chi connectivity index (χ0) is 19.6. The second-order valence-corrected chi connectivity index (χ2v) is 10.1. The molecule has 1 amide bonds. The minimum absolute atomic E-state index is 0.0460. The van der Waals surface area contributed by atoms with Crippen molar-refractivity contribution in [1.82, 2.24) is 15.2 Å². The number of carbonyl (C=O) groups excluding carboxylic acids is 1. The van der Waals surface area contributed by atoms with Gasteiger partial charge in [-0.1, -0.05) is 36.4 Å². The fourth-order valence-electron chi connectivity index (χ4n) is 4.42. The summed E-state index contributed by atoms with van der Waals surface area (Å²) in [7, 11) is -3.15. The van der Waals surface area contributed by atoms with Crippen molar-refractivity contribution in [3.63, 3.8) is 0 Å². The fraction of sp³-hybridized carbons (Fsp3) is 0.429. The van der Waals surface area contributed by atoms with Crippen LogP contribution in [0.3, 0.4) is 0 Å². The summed E-state index contributed by atoms with van der Waals surface area (Å²) < 4.78 is 25.3. The third kappa shape index (κ3) is 4.10. The lowest BCUT2D eigenvalue weighted by Crippen LogP contribution is -2.47. The van der Waals surface area contributed by atoms with Crippen LogP contribution in [-0.2, 0) is 27.7 Å². The number of aromatic nitrogens is 1. The number of sulfone groups is 1. The van der Waals surface area contributed by atoms with Crippen LogP contribution in [0.15, 0.2) is 54.9 Å². The maximum atomic E-state index is 12.8. The van der Waals surface area contributed by atoms with Gasteiger partial charge in [0.25, 0.3) is 0 Å². The Morgan fingerprint density at radius 3 is 2.64 bits per heavy atom. The van der Waals surface area contributed by atoms with Gasteiger partial charge in [-0.3, -0.25) is 14.7 Å². The molecule has 6 nitrogen and oxygen atoms in total. The number of pyridine rings is 1. The lowest BCUT2D eigenvalue weighted by molar-refractivity contribution is -0.126. The number of benzene rings is 1. The van der Waals surface area contributed by atoms with E-state index in [1.807, 2.05) is 30.3 Å². The summed E-state index contributed by atoms with van der Waals surface area (Å²) >= 11 is 0. The van der Waals surface area contributed by atoms with Crippen LogP contribution in [-0.4, -0.2) is 48.3 Å². The van der Waals surface area contributed by atoms with Gasteiger partial charge in [-0.15, -0.1) is 0 Å². The lowest BCUT2D eigenvalue weighted by atomic mass is 9.87. The molecule has 0 bridgehead atoms. The summed E-state index contributed by atoms with van der Waals surface area (Å²) in [6.45, 7) is 2.28. The molecule has 1 aromatic carbocycles. The van der Waals surface area contributed by atoms with Gasteiger partial charge in [0, 0.05) is 50.4 Å². The van der Waals surface area contributed by atoms with Crippen molar-refractivity contribution in [3.8, 4) is 0 Å². The molecule has 28 heavy (non-hydrogen) atoms. The number of rotatable bonds is 5. The van der Waals surface area contributed by atoms with Gasteiger partial charge in [0.05, 0.1) is 11.0 Å². The minimum Gasteiger partial charge on any atom is -0.352 e. The fourth-order valence-corrected chi connectivity index (χ4v) is 6.55. The van der Waals surface area contributed by atoms with E-state index in [4.69, 9.17) is 0 Å². The Balaban J connectivity index is 1.45. The van der Waals surface area contributed by atoms with Crippen LogP contribution >= 0.6 is 0 Å². The Morgan fingerprint density at radius 2 is 1.89 bits per heavy atom. The molecule has 1 aromatic heterocycles. The van der Waals surface area contributed by atoms with E-state index in [-0.39, 0.29) is 23.5 Å². The van der Waals surface area contributed by atoms with Gasteiger partial charge in [0.15, 0.2) is 9.84 Å². The molecule has 2 aromatic rings. The molecule has 1 N–H and O–H groups in total. The van der Waals surface area contributed by atoms with E-state index < -0.39 is 15.1 Å². The van der Waals surface area contributed by atoms with E-state index in [0.717, 1.165) is 11.1 Å². The molecular formula is C21H25N3O3S. The predicted molar refractivity (Wildman–Crippen MR) is 107 cm³/mol. The molecule has 0 unspecified atom stereocenters. The van der Waals surface area contributed by atoms with E-state index in [1.165, 1.54) is 0 Å². The summed E-state index contributed by atoms with van der Waals surface area (Å²) in [5, 5.41) is 2.54. The molecule has 148 valence electrons. The number of nitrogens with zero attached hydrogens (tertiary/aromatic N) is 2. The summed E-state index contributed by atoms with van der Waals surface area (Å²) in [4.78, 5) is 19.1. The maximum Gasteiger partial charge on any atom is 0.223 e. The first kappa shape index (κ1) is 19.1. The summed E-state index contributed by atoms with van der Waals surface area (Å²) in [6, 6.07) is 13.8. The van der Waals surface area contributed by atoms with Gasteiger partial charge < -0.3 is 5.32 Å². The molecule has 2 aliphatic rings. The second-order valence-electron chi connectivity index (χ2n) is 7.72. The SMILES string of the molecule is O=C(NCc1cccnc1)[C@@H]1CCS(=O)(=O)[C@@H]2CN(Cc3ccccc3)C[C@@H]21. The first-order valence-electron chi connectivity index (χ1n) is 9.67. The number of fused-ring (bicyclic) bond motifs is 1. The monoisotopic (exact) mass is 399 g/mol. The Bertz CT molecular complexity index is 918. The molecule has 0 spiro atoms. The van der Waals surface area contributed by atoms with Gasteiger partial charge >= 0.3 is 0 Å². The average molecular weight is 400 g/mol. The number of likely N-dealkylation sites (tertiary alicyclic amines) is 1. The Kier molecular flexibility index (Phi) is 5.46. The molecule has 2 saturated heterocycles. The molecule has 4 rings (SSSR count). The van der Waals surface area contributed by atoms with E-state index in [0.29, 0.717) is 32.6 Å².